The molecule has 1 heterocycles. The molecular formula is C21H21N2O8P. The second kappa shape index (κ2) is 10.8. The van der Waals surface area contributed by atoms with Crippen LogP contribution in [0, 0.1) is 15.7 Å². The molecule has 0 aliphatic carbocycles. The minimum atomic E-state index is -3.63. The Kier molecular flexibility index (Phi) is 7.83. The number of carbonyl (C=O) groups is 2. The van der Waals surface area contributed by atoms with E-state index < -0.39 is 31.6 Å². The normalized spacial score (nSPS) is 17.1. The number of benzene rings is 2. The van der Waals surface area contributed by atoms with Gasteiger partial charge < -0.3 is 14.0 Å². The number of esters is 2. The van der Waals surface area contributed by atoms with Crippen LogP contribution in [0.4, 0.5) is 0 Å². The van der Waals surface area contributed by atoms with Crippen LogP contribution >= 0.6 is 7.37 Å². The van der Waals surface area contributed by atoms with E-state index in [2.05, 4.69) is 10.4 Å². The highest BCUT2D eigenvalue weighted by molar-refractivity contribution is 7.67. The van der Waals surface area contributed by atoms with Gasteiger partial charge in [0.1, 0.15) is 32.1 Å². The van der Waals surface area contributed by atoms with Gasteiger partial charge in [-0.3, -0.25) is 14.2 Å². The predicted molar refractivity (Wildman–Crippen MR) is 116 cm³/mol. The lowest BCUT2D eigenvalue weighted by Crippen LogP contribution is -2.30. The summed E-state index contributed by atoms with van der Waals surface area (Å²) in [5, 5.41) is 5.66. The number of ether oxygens (including phenoxy) is 2. The highest BCUT2D eigenvalue weighted by Crippen LogP contribution is 2.55. The van der Waals surface area contributed by atoms with Gasteiger partial charge in [0, 0.05) is 5.56 Å². The summed E-state index contributed by atoms with van der Waals surface area (Å²) in [6.07, 6.45) is -0.754. The van der Waals surface area contributed by atoms with E-state index in [9.17, 15) is 24.0 Å². The fourth-order valence-electron chi connectivity index (χ4n) is 3.38. The van der Waals surface area contributed by atoms with Gasteiger partial charge >= 0.3 is 11.9 Å². The molecule has 0 fully saturated rings. The van der Waals surface area contributed by atoms with Gasteiger partial charge in [0.05, 0.1) is 23.8 Å². The van der Waals surface area contributed by atoms with Crippen molar-refractivity contribution in [2.45, 2.75) is 6.42 Å². The summed E-state index contributed by atoms with van der Waals surface area (Å²) >= 11 is 0. The molecule has 0 saturated heterocycles. The number of para-hydroxylation sites is 1. The van der Waals surface area contributed by atoms with Crippen LogP contribution in [0.1, 0.15) is 6.42 Å². The van der Waals surface area contributed by atoms with Crippen LogP contribution < -0.4 is 9.83 Å². The molecule has 2 unspecified atom stereocenters. The Morgan fingerprint density at radius 3 is 2.25 bits per heavy atom. The Morgan fingerprint density at radius 1 is 0.906 bits per heavy atom. The van der Waals surface area contributed by atoms with Crippen LogP contribution in [-0.4, -0.2) is 44.4 Å². The fourth-order valence-corrected chi connectivity index (χ4v) is 5.96. The molecule has 32 heavy (non-hydrogen) atoms. The van der Waals surface area contributed by atoms with Crippen LogP contribution in [0.15, 0.2) is 58.9 Å². The molecule has 3 rings (SSSR count). The molecule has 1 aliphatic heterocycles. The smallest absolute Gasteiger partial charge is 0.310 e. The van der Waals surface area contributed by atoms with Crippen LogP contribution in [-0.2, 0) is 23.6 Å². The van der Waals surface area contributed by atoms with Crippen molar-refractivity contribution in [3.05, 3.63) is 58.3 Å². The highest BCUT2D eigenvalue weighted by Gasteiger charge is 2.41. The average molecular weight is 460 g/mol. The third-order valence-corrected chi connectivity index (χ3v) is 7.31. The van der Waals surface area contributed by atoms with Crippen LogP contribution in [0.3, 0.4) is 0 Å². The third kappa shape index (κ3) is 5.45. The van der Waals surface area contributed by atoms with E-state index in [1.54, 1.807) is 24.3 Å². The quantitative estimate of drug-likeness (QED) is 0.216. The first-order valence-corrected chi connectivity index (χ1v) is 11.7. The summed E-state index contributed by atoms with van der Waals surface area (Å²) in [5.41, 5.74) is 1.49. The van der Waals surface area contributed by atoms with E-state index in [-0.39, 0.29) is 32.5 Å². The minimum Gasteiger partial charge on any atom is -0.464 e. The second-order valence-electron chi connectivity index (χ2n) is 6.96. The average Bonchev–Trinajstić information content (AvgIpc) is 2.79. The zero-order valence-corrected chi connectivity index (χ0v) is 17.9. The number of carbonyl (C=O) groups excluding carboxylic acids is 2. The summed E-state index contributed by atoms with van der Waals surface area (Å²) < 4.78 is 29.8. The molecule has 11 heteroatoms. The van der Waals surface area contributed by atoms with Crippen molar-refractivity contribution in [2.24, 2.45) is 16.3 Å². The van der Waals surface area contributed by atoms with Gasteiger partial charge in [0.15, 0.2) is 0 Å². The van der Waals surface area contributed by atoms with Crippen molar-refractivity contribution in [2.75, 3.05) is 32.5 Å². The van der Waals surface area contributed by atoms with E-state index in [4.69, 9.17) is 14.0 Å². The first-order valence-electron chi connectivity index (χ1n) is 9.86. The topological polar surface area (TPSA) is 138 Å². The van der Waals surface area contributed by atoms with Gasteiger partial charge in [-0.15, -0.1) is 0 Å². The van der Waals surface area contributed by atoms with Crippen molar-refractivity contribution >= 4 is 24.6 Å². The molecule has 168 valence electrons. The van der Waals surface area contributed by atoms with Gasteiger partial charge in [-0.2, -0.15) is 9.81 Å². The van der Waals surface area contributed by atoms with E-state index >= 15 is 0 Å². The molecule has 2 aromatic rings. The lowest BCUT2D eigenvalue weighted by atomic mass is 10.0. The van der Waals surface area contributed by atoms with Gasteiger partial charge in [0.25, 0.3) is 7.37 Å². The van der Waals surface area contributed by atoms with Crippen molar-refractivity contribution < 1.29 is 28.2 Å². The number of nitrogens with zero attached hydrogens (tertiary/aromatic N) is 2. The van der Waals surface area contributed by atoms with Crippen LogP contribution in [0.5, 0.6) is 5.75 Å². The number of hydrogen-bond donors (Lipinski definition) is 0. The highest BCUT2D eigenvalue weighted by atomic mass is 31.2. The minimum absolute atomic E-state index is 0.225. The molecule has 0 amide bonds. The van der Waals surface area contributed by atoms with E-state index in [0.29, 0.717) is 11.1 Å². The summed E-state index contributed by atoms with van der Waals surface area (Å²) in [4.78, 5) is 45.3. The molecule has 1 aliphatic rings. The van der Waals surface area contributed by atoms with Crippen LogP contribution in [0.2, 0.25) is 0 Å². The number of hydrogen-bond acceptors (Lipinski definition) is 10. The fraction of sp³-hybridized carbons (Fsp3) is 0.333. The molecular weight excluding hydrogens is 439 g/mol. The first-order chi connectivity index (χ1) is 15.5. The maximum absolute atomic E-state index is 14.0. The Hall–Kier alpha value is -3.39. The molecule has 0 N–H and O–H groups in total. The predicted octanol–water partition coefficient (Wildman–Crippen LogP) is 3.27. The molecule has 0 aromatic heterocycles. The number of nitroso groups, excluding NO2 is 2. The summed E-state index contributed by atoms with van der Waals surface area (Å²) in [6, 6.07) is 14.1. The summed E-state index contributed by atoms with van der Waals surface area (Å²) in [6.45, 7) is -0.979. The van der Waals surface area contributed by atoms with Gasteiger partial charge in [-0.05, 0) is 17.7 Å². The van der Waals surface area contributed by atoms with Crippen molar-refractivity contribution in [3.8, 4) is 16.9 Å². The zero-order valence-electron chi connectivity index (χ0n) is 17.0. The Labute approximate surface area is 183 Å². The maximum atomic E-state index is 14.0. The van der Waals surface area contributed by atoms with E-state index in [1.807, 2.05) is 24.3 Å². The Bertz CT molecular complexity index is 1060. The van der Waals surface area contributed by atoms with Crippen molar-refractivity contribution in [1.82, 2.24) is 0 Å². The van der Waals surface area contributed by atoms with Gasteiger partial charge in [-0.25, -0.2) is 0 Å². The van der Waals surface area contributed by atoms with Crippen LogP contribution in [0.25, 0.3) is 11.1 Å². The lowest BCUT2D eigenvalue weighted by Gasteiger charge is -2.30. The Morgan fingerprint density at radius 2 is 1.53 bits per heavy atom. The molecule has 10 nitrogen and oxygen atoms in total. The second-order valence-corrected chi connectivity index (χ2v) is 9.33. The number of rotatable bonds is 11. The lowest BCUT2D eigenvalue weighted by molar-refractivity contribution is -0.154. The SMILES string of the molecule is O=NCCOC(=O)CC(CP1(=O)Oc2ccccc2-c2ccccc21)C(=O)OCCN=O. The monoisotopic (exact) mass is 460 g/mol. The summed E-state index contributed by atoms with van der Waals surface area (Å²) in [7, 11) is -3.63. The third-order valence-electron chi connectivity index (χ3n) is 4.77. The standard InChI is InChI=1S/C21H21N2O8P/c24-20(29-11-9-22-26)13-15(21(25)30-12-10-23-27)14-32(28)19-8-4-2-6-17(19)16-5-1-3-7-18(16)31-32/h1-8,15H,9-14H2. The molecule has 0 bridgehead atoms. The largest absolute Gasteiger partial charge is 0.464 e. The van der Waals surface area contributed by atoms with Gasteiger partial charge in [0.2, 0.25) is 0 Å². The van der Waals surface area contributed by atoms with Crippen molar-refractivity contribution in [3.63, 3.8) is 0 Å². The summed E-state index contributed by atoms with van der Waals surface area (Å²) in [5.74, 6) is -2.36. The van der Waals surface area contributed by atoms with E-state index in [0.717, 1.165) is 11.1 Å². The first kappa shape index (κ1) is 23.3. The molecule has 2 atom stereocenters. The number of fused-ring (bicyclic) bond motifs is 3. The Balaban J connectivity index is 1.87. The van der Waals surface area contributed by atoms with E-state index in [1.165, 1.54) is 0 Å². The molecule has 2 aromatic carbocycles. The molecule has 0 spiro atoms. The maximum Gasteiger partial charge on any atom is 0.310 e. The zero-order chi connectivity index (χ0) is 23.0. The molecule has 0 radical (unpaired) electrons. The van der Waals surface area contributed by atoms with Crippen molar-refractivity contribution in [1.29, 1.82) is 0 Å². The molecule has 0 saturated carbocycles. The van der Waals surface area contributed by atoms with Gasteiger partial charge in [-0.1, -0.05) is 46.8 Å².